The summed E-state index contributed by atoms with van der Waals surface area (Å²) in [5.41, 5.74) is 2.92. The van der Waals surface area contributed by atoms with Crippen molar-refractivity contribution in [2.45, 2.75) is 10.6 Å². The molecular weight excluding hydrogens is 417 g/mol. The molecule has 0 radical (unpaired) electrons. The third-order valence-corrected chi connectivity index (χ3v) is 10.5. The second-order valence-corrected chi connectivity index (χ2v) is 12.7. The summed E-state index contributed by atoms with van der Waals surface area (Å²) in [5.74, 6) is 0. The number of benzene rings is 2. The van der Waals surface area contributed by atoms with Crippen molar-refractivity contribution in [1.29, 1.82) is 0 Å². The van der Waals surface area contributed by atoms with E-state index >= 15 is 0 Å². The van der Waals surface area contributed by atoms with Crippen LogP contribution in [0.4, 0.5) is 0 Å². The number of hydrogen-bond donors (Lipinski definition) is 0. The van der Waals surface area contributed by atoms with Crippen LogP contribution in [-0.4, -0.2) is 47.7 Å². The van der Waals surface area contributed by atoms with Crippen molar-refractivity contribution >= 4 is 47.7 Å². The van der Waals surface area contributed by atoms with Crippen LogP contribution in [0.25, 0.3) is 0 Å². The first-order valence-electron chi connectivity index (χ1n) is 5.72. The summed E-state index contributed by atoms with van der Waals surface area (Å²) in [6, 6.07) is 21.5. The Morgan fingerprint density at radius 3 is 1.50 bits per heavy atom. The Bertz CT molecular complexity index is 434. The molecule has 0 aliphatic carbocycles. The molecular formula is C15H14Se3. The molecule has 0 amide bonds. The Morgan fingerprint density at radius 1 is 0.722 bits per heavy atom. The van der Waals surface area contributed by atoms with Gasteiger partial charge in [0.05, 0.1) is 0 Å². The van der Waals surface area contributed by atoms with Gasteiger partial charge in [-0.3, -0.25) is 0 Å². The van der Waals surface area contributed by atoms with Crippen LogP contribution in [0.1, 0.15) is 11.1 Å². The molecule has 0 N–H and O–H groups in total. The van der Waals surface area contributed by atoms with Crippen LogP contribution < -0.4 is 0 Å². The standard InChI is InChI=1S/C15H14Se3/c16-15(17-11-13-7-3-1-4-8-13)18-12-14-9-5-2-6-10-14/h1-10H,11-12H2. The van der Waals surface area contributed by atoms with E-state index in [-0.39, 0.29) is 0 Å². The summed E-state index contributed by atoms with van der Waals surface area (Å²) >= 11 is 4.50. The topological polar surface area (TPSA) is 0 Å². The average Bonchev–Trinajstić information content (AvgIpc) is 2.45. The molecule has 0 heterocycles. The van der Waals surface area contributed by atoms with E-state index in [1.807, 2.05) is 0 Å². The summed E-state index contributed by atoms with van der Waals surface area (Å²) in [6.45, 7) is 0. The summed E-state index contributed by atoms with van der Waals surface area (Å²) in [7, 11) is 0. The first kappa shape index (κ1) is 14.3. The summed E-state index contributed by atoms with van der Waals surface area (Å²) in [5, 5.41) is 2.43. The molecule has 0 fully saturated rings. The molecule has 18 heavy (non-hydrogen) atoms. The van der Waals surface area contributed by atoms with Crippen LogP contribution in [0, 0.1) is 0 Å². The Morgan fingerprint density at radius 2 is 1.11 bits per heavy atom. The third kappa shape index (κ3) is 5.24. The Labute approximate surface area is 129 Å². The molecule has 0 unspecified atom stereocenters. The third-order valence-electron chi connectivity index (χ3n) is 2.40. The predicted octanol–water partition coefficient (Wildman–Crippen LogP) is 2.05. The molecule has 2 rings (SSSR count). The van der Waals surface area contributed by atoms with Gasteiger partial charge in [0.25, 0.3) is 0 Å². The Kier molecular flexibility index (Phi) is 6.44. The molecule has 2 aromatic carbocycles. The van der Waals surface area contributed by atoms with E-state index in [2.05, 4.69) is 76.2 Å². The van der Waals surface area contributed by atoms with Crippen molar-refractivity contribution in [3.05, 3.63) is 71.8 Å². The predicted molar refractivity (Wildman–Crippen MR) is 82.6 cm³/mol. The molecule has 0 aliphatic rings. The first-order valence-corrected chi connectivity index (χ1v) is 10.7. The average molecular weight is 431 g/mol. The first-order chi connectivity index (χ1) is 8.84. The van der Waals surface area contributed by atoms with E-state index in [0.29, 0.717) is 29.9 Å². The zero-order chi connectivity index (χ0) is 12.6. The van der Waals surface area contributed by atoms with Gasteiger partial charge in [-0.15, -0.1) is 0 Å². The van der Waals surface area contributed by atoms with E-state index in [4.69, 9.17) is 0 Å². The van der Waals surface area contributed by atoms with Gasteiger partial charge in [0.2, 0.25) is 0 Å². The van der Waals surface area contributed by atoms with Crippen LogP contribution in [-0.2, 0) is 10.6 Å². The fourth-order valence-electron chi connectivity index (χ4n) is 1.47. The molecule has 0 bridgehead atoms. The van der Waals surface area contributed by atoms with Gasteiger partial charge in [-0.25, -0.2) is 0 Å². The van der Waals surface area contributed by atoms with Crippen LogP contribution in [0.3, 0.4) is 0 Å². The summed E-state index contributed by atoms with van der Waals surface area (Å²) in [4.78, 5) is 0. The van der Waals surface area contributed by atoms with Crippen molar-refractivity contribution in [3.8, 4) is 0 Å². The van der Waals surface area contributed by atoms with E-state index in [9.17, 15) is 0 Å². The fraction of sp³-hybridized carbons (Fsp3) is 0.133. The van der Waals surface area contributed by atoms with Crippen LogP contribution >= 0.6 is 0 Å². The monoisotopic (exact) mass is 434 g/mol. The molecule has 0 aliphatic heterocycles. The normalized spacial score (nSPS) is 10.2. The molecule has 3 heteroatoms. The van der Waals surface area contributed by atoms with Gasteiger partial charge in [0.1, 0.15) is 0 Å². The zero-order valence-electron chi connectivity index (χ0n) is 9.91. The van der Waals surface area contributed by atoms with Crippen LogP contribution in [0.2, 0.25) is 0 Å². The second kappa shape index (κ2) is 8.12. The van der Waals surface area contributed by atoms with E-state index in [1.165, 1.54) is 21.8 Å². The number of rotatable bonds is 6. The SMILES string of the molecule is [Se]=C([Se]Cc1ccccc1)[Se]Cc1ccccc1. The fourth-order valence-corrected chi connectivity index (χ4v) is 7.13. The van der Waals surface area contributed by atoms with Crippen LogP contribution in [0.5, 0.6) is 0 Å². The minimum atomic E-state index is 0.607. The second-order valence-electron chi connectivity index (χ2n) is 3.80. The van der Waals surface area contributed by atoms with E-state index in [0.717, 1.165) is 0 Å². The molecule has 0 saturated carbocycles. The summed E-state index contributed by atoms with van der Waals surface area (Å²) < 4.78 is 1.60. The molecule has 2 aromatic rings. The van der Waals surface area contributed by atoms with E-state index in [1.54, 1.807) is 2.21 Å². The molecule has 0 aromatic heterocycles. The Balaban J connectivity index is 1.73. The van der Waals surface area contributed by atoms with Crippen molar-refractivity contribution in [1.82, 2.24) is 0 Å². The van der Waals surface area contributed by atoms with Gasteiger partial charge < -0.3 is 0 Å². The molecule has 92 valence electrons. The van der Waals surface area contributed by atoms with Crippen molar-refractivity contribution in [3.63, 3.8) is 0 Å². The van der Waals surface area contributed by atoms with Crippen LogP contribution in [0.15, 0.2) is 60.7 Å². The van der Waals surface area contributed by atoms with Crippen molar-refractivity contribution in [2.75, 3.05) is 0 Å². The summed E-state index contributed by atoms with van der Waals surface area (Å²) in [6.07, 6.45) is 0. The molecule has 0 atom stereocenters. The van der Waals surface area contributed by atoms with Crippen molar-refractivity contribution < 1.29 is 0 Å². The van der Waals surface area contributed by atoms with Gasteiger partial charge in [-0.2, -0.15) is 0 Å². The Hall–Kier alpha value is -0.132. The molecule has 0 saturated heterocycles. The molecule has 0 nitrogen and oxygen atoms in total. The van der Waals surface area contributed by atoms with Gasteiger partial charge in [0.15, 0.2) is 0 Å². The van der Waals surface area contributed by atoms with Gasteiger partial charge in [-0.1, -0.05) is 0 Å². The van der Waals surface area contributed by atoms with E-state index < -0.39 is 0 Å². The van der Waals surface area contributed by atoms with Gasteiger partial charge in [0, 0.05) is 0 Å². The molecule has 0 spiro atoms. The maximum absolute atomic E-state index is 3.29. The zero-order valence-corrected chi connectivity index (χ0v) is 15.1. The van der Waals surface area contributed by atoms with Crippen molar-refractivity contribution in [2.24, 2.45) is 0 Å². The quantitative estimate of drug-likeness (QED) is 0.615. The minimum absolute atomic E-state index is 0.607. The van der Waals surface area contributed by atoms with Gasteiger partial charge in [-0.05, 0) is 0 Å². The number of hydrogen-bond acceptors (Lipinski definition) is 0. The van der Waals surface area contributed by atoms with Gasteiger partial charge >= 0.3 is 130 Å². The maximum atomic E-state index is 3.29.